The van der Waals surface area contributed by atoms with E-state index in [4.69, 9.17) is 0 Å². The van der Waals surface area contributed by atoms with E-state index in [-0.39, 0.29) is 0 Å². The molecule has 76 valence electrons. The normalized spacial score (nSPS) is 10.3. The predicted octanol–water partition coefficient (Wildman–Crippen LogP) is 1.40. The smallest absolute Gasteiger partial charge is 0.423 e. The van der Waals surface area contributed by atoms with Crippen LogP contribution >= 0.6 is 11.3 Å². The van der Waals surface area contributed by atoms with Gasteiger partial charge in [0.25, 0.3) is 0 Å². The van der Waals surface area contributed by atoms with Gasteiger partial charge in [-0.3, -0.25) is 0 Å². The molecular formula is C11H11BO2S. The summed E-state index contributed by atoms with van der Waals surface area (Å²) in [5, 5.41) is 20.2. The lowest BCUT2D eigenvalue weighted by Gasteiger charge is -2.03. The number of aryl methyl sites for hydroxylation is 1. The average Bonchev–Trinajstić information content (AvgIpc) is 2.65. The van der Waals surface area contributed by atoms with Gasteiger partial charge in [-0.2, -0.15) is 0 Å². The third kappa shape index (κ3) is 2.12. The lowest BCUT2D eigenvalue weighted by Crippen LogP contribution is -2.29. The van der Waals surface area contributed by atoms with Crippen molar-refractivity contribution in [2.75, 3.05) is 0 Å². The molecule has 15 heavy (non-hydrogen) atoms. The molecule has 0 unspecified atom stereocenters. The van der Waals surface area contributed by atoms with E-state index in [9.17, 15) is 10.0 Å². The highest BCUT2D eigenvalue weighted by molar-refractivity contribution is 7.15. The molecule has 0 aliphatic heterocycles. The van der Waals surface area contributed by atoms with Crippen LogP contribution in [-0.4, -0.2) is 17.2 Å². The minimum Gasteiger partial charge on any atom is -0.423 e. The molecule has 0 saturated carbocycles. The van der Waals surface area contributed by atoms with Crippen molar-refractivity contribution >= 4 is 23.9 Å². The number of rotatable bonds is 2. The summed E-state index contributed by atoms with van der Waals surface area (Å²) >= 11 is 1.52. The van der Waals surface area contributed by atoms with Crippen molar-refractivity contribution in [3.8, 4) is 10.4 Å². The second-order valence-corrected chi connectivity index (χ2v) is 4.36. The molecule has 2 nitrogen and oxygen atoms in total. The Morgan fingerprint density at radius 3 is 2.67 bits per heavy atom. The van der Waals surface area contributed by atoms with E-state index in [1.807, 2.05) is 36.6 Å². The van der Waals surface area contributed by atoms with Crippen LogP contribution in [0.25, 0.3) is 10.4 Å². The molecule has 4 heteroatoms. The summed E-state index contributed by atoms with van der Waals surface area (Å²) in [5.41, 5.74) is 2.78. The predicted molar refractivity (Wildman–Crippen MR) is 64.3 cm³/mol. The Labute approximate surface area is 93.0 Å². The second-order valence-electron chi connectivity index (χ2n) is 3.45. The van der Waals surface area contributed by atoms with Crippen LogP contribution in [0, 0.1) is 6.92 Å². The van der Waals surface area contributed by atoms with Crippen LogP contribution in [0.3, 0.4) is 0 Å². The van der Waals surface area contributed by atoms with Gasteiger partial charge in [0, 0.05) is 10.3 Å². The fraction of sp³-hybridized carbons (Fsp3) is 0.0909. The molecule has 0 aliphatic carbocycles. The third-order valence-corrected chi connectivity index (χ3v) is 3.23. The number of benzene rings is 1. The van der Waals surface area contributed by atoms with Crippen LogP contribution in [0.1, 0.15) is 5.56 Å². The lowest BCUT2D eigenvalue weighted by atomic mass is 9.79. The van der Waals surface area contributed by atoms with E-state index < -0.39 is 7.12 Å². The van der Waals surface area contributed by atoms with Gasteiger partial charge < -0.3 is 10.0 Å². The largest absolute Gasteiger partial charge is 0.489 e. The molecule has 1 aromatic heterocycles. The molecule has 2 aromatic rings. The Hall–Kier alpha value is -1.10. The van der Waals surface area contributed by atoms with Crippen molar-refractivity contribution < 1.29 is 10.0 Å². The highest BCUT2D eigenvalue weighted by Gasteiger charge is 2.17. The van der Waals surface area contributed by atoms with E-state index in [1.54, 1.807) is 6.07 Å². The third-order valence-electron chi connectivity index (χ3n) is 2.25. The summed E-state index contributed by atoms with van der Waals surface area (Å²) < 4.78 is 0. The van der Waals surface area contributed by atoms with Gasteiger partial charge in [0.1, 0.15) is 0 Å². The van der Waals surface area contributed by atoms with Crippen LogP contribution < -0.4 is 5.46 Å². The fourth-order valence-corrected chi connectivity index (χ4v) is 2.47. The van der Waals surface area contributed by atoms with E-state index in [2.05, 4.69) is 0 Å². The molecule has 1 heterocycles. The quantitative estimate of drug-likeness (QED) is 0.748. The minimum absolute atomic E-state index is 0.575. The SMILES string of the molecule is Cc1cccc(-c2sccc2B(O)O)c1. The van der Waals surface area contributed by atoms with Crippen molar-refractivity contribution in [1.29, 1.82) is 0 Å². The monoisotopic (exact) mass is 218 g/mol. The van der Waals surface area contributed by atoms with Gasteiger partial charge >= 0.3 is 7.12 Å². The van der Waals surface area contributed by atoms with Crippen molar-refractivity contribution in [1.82, 2.24) is 0 Å². The van der Waals surface area contributed by atoms with Crippen LogP contribution in [0.2, 0.25) is 0 Å². The maximum atomic E-state index is 9.19. The van der Waals surface area contributed by atoms with Gasteiger partial charge in [-0.15, -0.1) is 11.3 Å². The van der Waals surface area contributed by atoms with Crippen molar-refractivity contribution in [2.45, 2.75) is 6.92 Å². The first-order chi connectivity index (χ1) is 7.18. The second kappa shape index (κ2) is 4.19. The van der Waals surface area contributed by atoms with E-state index in [0.717, 1.165) is 10.4 Å². The Balaban J connectivity index is 2.49. The van der Waals surface area contributed by atoms with Crippen LogP contribution in [0.15, 0.2) is 35.7 Å². The molecular weight excluding hydrogens is 207 g/mol. The van der Waals surface area contributed by atoms with Crippen molar-refractivity contribution in [3.05, 3.63) is 41.3 Å². The van der Waals surface area contributed by atoms with Gasteiger partial charge in [-0.05, 0) is 17.9 Å². The summed E-state index contributed by atoms with van der Waals surface area (Å²) in [6, 6.07) is 9.75. The number of hydrogen-bond acceptors (Lipinski definition) is 3. The first-order valence-corrected chi connectivity index (χ1v) is 5.57. The highest BCUT2D eigenvalue weighted by Crippen LogP contribution is 2.23. The Kier molecular flexibility index (Phi) is 2.91. The van der Waals surface area contributed by atoms with Crippen LogP contribution in [-0.2, 0) is 0 Å². The molecule has 0 radical (unpaired) electrons. The minimum atomic E-state index is -1.40. The topological polar surface area (TPSA) is 40.5 Å². The average molecular weight is 218 g/mol. The Morgan fingerprint density at radius 2 is 2.00 bits per heavy atom. The lowest BCUT2D eigenvalue weighted by molar-refractivity contribution is 0.426. The van der Waals surface area contributed by atoms with Gasteiger partial charge in [0.15, 0.2) is 0 Å². The van der Waals surface area contributed by atoms with E-state index in [1.165, 1.54) is 16.9 Å². The zero-order valence-corrected chi connectivity index (χ0v) is 9.16. The molecule has 0 atom stereocenters. The van der Waals surface area contributed by atoms with Crippen molar-refractivity contribution in [2.24, 2.45) is 0 Å². The molecule has 1 aromatic carbocycles. The summed E-state index contributed by atoms with van der Waals surface area (Å²) in [6.45, 7) is 2.02. The summed E-state index contributed by atoms with van der Waals surface area (Å²) in [6.07, 6.45) is 0. The fourth-order valence-electron chi connectivity index (χ4n) is 1.54. The number of hydrogen-bond donors (Lipinski definition) is 2. The summed E-state index contributed by atoms with van der Waals surface area (Å²) in [5.74, 6) is 0. The maximum absolute atomic E-state index is 9.19. The highest BCUT2D eigenvalue weighted by atomic mass is 32.1. The maximum Gasteiger partial charge on any atom is 0.489 e. The Bertz CT molecular complexity index is 465. The van der Waals surface area contributed by atoms with Gasteiger partial charge in [-0.25, -0.2) is 0 Å². The molecule has 2 rings (SSSR count). The molecule has 0 bridgehead atoms. The van der Waals surface area contributed by atoms with E-state index >= 15 is 0 Å². The molecule has 0 fully saturated rings. The van der Waals surface area contributed by atoms with Gasteiger partial charge in [-0.1, -0.05) is 35.9 Å². The van der Waals surface area contributed by atoms with Crippen LogP contribution in [0.5, 0.6) is 0 Å². The summed E-state index contributed by atoms with van der Waals surface area (Å²) in [7, 11) is -1.40. The van der Waals surface area contributed by atoms with Crippen molar-refractivity contribution in [3.63, 3.8) is 0 Å². The first kappa shape index (κ1) is 10.4. The van der Waals surface area contributed by atoms with Crippen LogP contribution in [0.4, 0.5) is 0 Å². The standard InChI is InChI=1S/C11H11BO2S/c1-8-3-2-4-9(7-8)11-10(12(13)14)5-6-15-11/h2-7,13-14H,1H3. The molecule has 2 N–H and O–H groups in total. The zero-order valence-electron chi connectivity index (χ0n) is 8.34. The molecule has 0 amide bonds. The first-order valence-electron chi connectivity index (χ1n) is 4.69. The summed E-state index contributed by atoms with van der Waals surface area (Å²) in [4.78, 5) is 0.925. The molecule has 0 saturated heterocycles. The number of thiophene rings is 1. The Morgan fingerprint density at radius 1 is 1.20 bits per heavy atom. The zero-order chi connectivity index (χ0) is 10.8. The molecule has 0 spiro atoms. The molecule has 0 aliphatic rings. The van der Waals surface area contributed by atoms with Gasteiger partial charge in [0.05, 0.1) is 0 Å². The van der Waals surface area contributed by atoms with E-state index in [0.29, 0.717) is 5.46 Å². The van der Waals surface area contributed by atoms with Gasteiger partial charge in [0.2, 0.25) is 0 Å².